The first kappa shape index (κ1) is 19.1. The second-order valence-corrected chi connectivity index (χ2v) is 10.4. The molecular formula is C21H19N3O4S2. The highest BCUT2D eigenvalue weighted by molar-refractivity contribution is 7.90. The molecule has 4 aromatic rings. The van der Waals surface area contributed by atoms with Crippen molar-refractivity contribution in [3.05, 3.63) is 54.3 Å². The SMILES string of the molecule is CS(=O)(=O)c1ccc2nc(N3CCN(C(=O)c4cc5ccccc5o4)CC3)sc2c1. The highest BCUT2D eigenvalue weighted by Gasteiger charge is 2.26. The number of nitrogens with zero attached hydrogens (tertiary/aromatic N) is 3. The number of fused-ring (bicyclic) bond motifs is 2. The summed E-state index contributed by atoms with van der Waals surface area (Å²) in [6, 6.07) is 14.4. The van der Waals surface area contributed by atoms with Crippen LogP contribution in [0.4, 0.5) is 5.13 Å². The Morgan fingerprint density at radius 3 is 2.57 bits per heavy atom. The van der Waals surface area contributed by atoms with Gasteiger partial charge in [0.25, 0.3) is 5.91 Å². The summed E-state index contributed by atoms with van der Waals surface area (Å²) in [5, 5.41) is 1.76. The number of furan rings is 1. The van der Waals surface area contributed by atoms with Crippen LogP contribution in [0.5, 0.6) is 0 Å². The van der Waals surface area contributed by atoms with E-state index >= 15 is 0 Å². The van der Waals surface area contributed by atoms with Crippen LogP contribution in [0.25, 0.3) is 21.2 Å². The van der Waals surface area contributed by atoms with E-state index in [-0.39, 0.29) is 5.91 Å². The summed E-state index contributed by atoms with van der Waals surface area (Å²) in [5.74, 6) is 0.255. The lowest BCUT2D eigenvalue weighted by molar-refractivity contribution is 0.0717. The van der Waals surface area contributed by atoms with Crippen LogP contribution < -0.4 is 4.90 Å². The maximum atomic E-state index is 12.8. The van der Waals surface area contributed by atoms with Crippen molar-refractivity contribution in [3.63, 3.8) is 0 Å². The van der Waals surface area contributed by atoms with Gasteiger partial charge in [0.1, 0.15) is 5.58 Å². The molecule has 2 aromatic heterocycles. The molecule has 7 nitrogen and oxygen atoms in total. The van der Waals surface area contributed by atoms with Crippen molar-refractivity contribution in [2.45, 2.75) is 4.90 Å². The van der Waals surface area contributed by atoms with Crippen LogP contribution in [0.1, 0.15) is 10.6 Å². The van der Waals surface area contributed by atoms with Crippen molar-refractivity contribution in [2.24, 2.45) is 0 Å². The minimum Gasteiger partial charge on any atom is -0.451 e. The number of rotatable bonds is 3. The number of hydrogen-bond donors (Lipinski definition) is 0. The third-order valence-electron chi connectivity index (χ3n) is 5.25. The molecule has 9 heteroatoms. The van der Waals surface area contributed by atoms with Crippen molar-refractivity contribution in [1.29, 1.82) is 0 Å². The van der Waals surface area contributed by atoms with E-state index < -0.39 is 9.84 Å². The Morgan fingerprint density at radius 1 is 1.07 bits per heavy atom. The first-order valence-corrected chi connectivity index (χ1v) is 12.2. The Hall–Kier alpha value is -2.91. The van der Waals surface area contributed by atoms with E-state index in [1.807, 2.05) is 24.3 Å². The van der Waals surface area contributed by atoms with E-state index in [9.17, 15) is 13.2 Å². The van der Waals surface area contributed by atoms with E-state index in [2.05, 4.69) is 9.88 Å². The number of carbonyl (C=O) groups excluding carboxylic acids is 1. The number of benzene rings is 2. The number of hydrogen-bond acceptors (Lipinski definition) is 7. The number of anilines is 1. The Labute approximate surface area is 177 Å². The average molecular weight is 442 g/mol. The summed E-state index contributed by atoms with van der Waals surface area (Å²) < 4.78 is 30.1. The molecule has 30 heavy (non-hydrogen) atoms. The summed E-state index contributed by atoms with van der Waals surface area (Å²) >= 11 is 1.47. The Balaban J connectivity index is 1.31. The second-order valence-electron chi connectivity index (χ2n) is 7.33. The van der Waals surface area contributed by atoms with Gasteiger partial charge >= 0.3 is 0 Å². The zero-order valence-corrected chi connectivity index (χ0v) is 17.9. The predicted molar refractivity (Wildman–Crippen MR) is 117 cm³/mol. The van der Waals surface area contributed by atoms with Gasteiger partial charge in [0.15, 0.2) is 20.7 Å². The van der Waals surface area contributed by atoms with Gasteiger partial charge in [-0.05, 0) is 30.3 Å². The monoisotopic (exact) mass is 441 g/mol. The molecule has 1 saturated heterocycles. The molecule has 154 valence electrons. The zero-order chi connectivity index (χ0) is 20.9. The number of sulfone groups is 1. The summed E-state index contributed by atoms with van der Waals surface area (Å²) in [6.07, 6.45) is 1.20. The van der Waals surface area contributed by atoms with Crippen LogP contribution >= 0.6 is 11.3 Å². The molecule has 2 aromatic carbocycles. The van der Waals surface area contributed by atoms with Gasteiger partial charge in [-0.15, -0.1) is 0 Å². The number of thiazole rings is 1. The molecule has 0 saturated carbocycles. The van der Waals surface area contributed by atoms with Gasteiger partial charge in [0.2, 0.25) is 0 Å². The van der Waals surface area contributed by atoms with Gasteiger partial charge in [-0.1, -0.05) is 29.5 Å². The fourth-order valence-corrected chi connectivity index (χ4v) is 5.38. The lowest BCUT2D eigenvalue weighted by atomic mass is 10.2. The van der Waals surface area contributed by atoms with Crippen molar-refractivity contribution >= 4 is 53.4 Å². The molecule has 1 fully saturated rings. The van der Waals surface area contributed by atoms with Crippen LogP contribution in [0.15, 0.2) is 57.8 Å². The topological polar surface area (TPSA) is 83.7 Å². The molecule has 0 unspecified atom stereocenters. The van der Waals surface area contributed by atoms with Crippen molar-refractivity contribution in [2.75, 3.05) is 37.3 Å². The second kappa shape index (κ2) is 7.10. The first-order chi connectivity index (χ1) is 14.4. The van der Waals surface area contributed by atoms with Crippen LogP contribution in [0.2, 0.25) is 0 Å². The van der Waals surface area contributed by atoms with Gasteiger partial charge in [-0.3, -0.25) is 4.79 Å². The highest BCUT2D eigenvalue weighted by Crippen LogP contribution is 2.31. The van der Waals surface area contributed by atoms with E-state index in [0.717, 1.165) is 20.7 Å². The minimum atomic E-state index is -3.25. The predicted octanol–water partition coefficient (Wildman–Crippen LogP) is 3.41. The number of carbonyl (C=O) groups is 1. The third-order valence-corrected chi connectivity index (χ3v) is 7.44. The maximum Gasteiger partial charge on any atom is 0.289 e. The van der Waals surface area contributed by atoms with Gasteiger partial charge in [-0.2, -0.15) is 0 Å². The zero-order valence-electron chi connectivity index (χ0n) is 16.2. The Kier molecular flexibility index (Phi) is 4.52. The molecule has 0 radical (unpaired) electrons. The van der Waals surface area contributed by atoms with E-state index in [0.29, 0.717) is 42.4 Å². The average Bonchev–Trinajstić information content (AvgIpc) is 3.36. The highest BCUT2D eigenvalue weighted by atomic mass is 32.2. The molecule has 1 aliphatic heterocycles. The first-order valence-electron chi connectivity index (χ1n) is 9.52. The lowest BCUT2D eigenvalue weighted by Crippen LogP contribution is -2.48. The largest absolute Gasteiger partial charge is 0.451 e. The molecule has 0 aliphatic carbocycles. The third kappa shape index (κ3) is 3.44. The van der Waals surface area contributed by atoms with E-state index in [1.54, 1.807) is 29.2 Å². The van der Waals surface area contributed by atoms with Crippen molar-refractivity contribution in [3.8, 4) is 0 Å². The lowest BCUT2D eigenvalue weighted by Gasteiger charge is -2.34. The van der Waals surface area contributed by atoms with Crippen molar-refractivity contribution < 1.29 is 17.6 Å². The summed E-state index contributed by atoms with van der Waals surface area (Å²) in [4.78, 5) is 21.7. The standard InChI is InChI=1S/C21H19N3O4S2/c1-30(26,27)15-6-7-16-19(13-15)29-21(22-16)24-10-8-23(9-11-24)20(25)18-12-14-4-2-3-5-17(14)28-18/h2-7,12-13H,8-11H2,1H3. The number of aromatic nitrogens is 1. The fraction of sp³-hybridized carbons (Fsp3) is 0.238. The normalized spacial score (nSPS) is 15.2. The van der Waals surface area contributed by atoms with Gasteiger partial charge in [0, 0.05) is 37.8 Å². The summed E-state index contributed by atoms with van der Waals surface area (Å²) in [5.41, 5.74) is 1.49. The fourth-order valence-electron chi connectivity index (χ4n) is 3.60. The smallest absolute Gasteiger partial charge is 0.289 e. The molecule has 0 atom stereocenters. The van der Waals surface area contributed by atoms with Gasteiger partial charge < -0.3 is 14.2 Å². The van der Waals surface area contributed by atoms with Crippen molar-refractivity contribution in [1.82, 2.24) is 9.88 Å². The van der Waals surface area contributed by atoms with Crippen LogP contribution in [0, 0.1) is 0 Å². The van der Waals surface area contributed by atoms with Gasteiger partial charge in [-0.25, -0.2) is 13.4 Å². The molecule has 0 bridgehead atoms. The summed E-state index contributed by atoms with van der Waals surface area (Å²) in [6.45, 7) is 2.45. The van der Waals surface area contributed by atoms with Crippen LogP contribution in [-0.2, 0) is 9.84 Å². The molecular weight excluding hydrogens is 422 g/mol. The number of piperazine rings is 1. The number of para-hydroxylation sites is 1. The van der Waals surface area contributed by atoms with Crippen LogP contribution in [0.3, 0.4) is 0 Å². The maximum absolute atomic E-state index is 12.8. The molecule has 5 rings (SSSR count). The van der Waals surface area contributed by atoms with E-state index in [4.69, 9.17) is 4.42 Å². The van der Waals surface area contributed by atoms with Crippen LogP contribution in [-0.4, -0.2) is 56.6 Å². The molecule has 1 amide bonds. The summed E-state index contributed by atoms with van der Waals surface area (Å²) in [7, 11) is -3.25. The minimum absolute atomic E-state index is 0.104. The molecule has 0 N–H and O–H groups in total. The Morgan fingerprint density at radius 2 is 1.83 bits per heavy atom. The molecule has 1 aliphatic rings. The quantitative estimate of drug-likeness (QED) is 0.485. The number of amides is 1. The molecule has 0 spiro atoms. The van der Waals surface area contributed by atoms with E-state index in [1.165, 1.54) is 17.6 Å². The molecule has 3 heterocycles. The Bertz CT molecular complexity index is 1330. The van der Waals surface area contributed by atoms with Gasteiger partial charge in [0.05, 0.1) is 15.1 Å².